The number of tetrazole rings is 1. The molecule has 1 aromatic heterocycles. The van der Waals surface area contributed by atoms with Crippen LogP contribution in [-0.2, 0) is 4.74 Å². The monoisotopic (exact) mass is 325 g/mol. The van der Waals surface area contributed by atoms with Crippen LogP contribution in [-0.4, -0.2) is 57.7 Å². The SMILES string of the molecule is N#CC(=CNc1cccc(C(=O)N2CCOCC2)c1)c1nn[nH]n1. The normalized spacial score (nSPS) is 15.0. The standard InChI is InChI=1S/C15H15N7O2/c16-9-12(14-18-20-21-19-14)10-17-13-3-1-2-11(8-13)15(23)22-4-6-24-7-5-22/h1-3,8,10,17H,4-7H2,(H,18,19,20,21). The summed E-state index contributed by atoms with van der Waals surface area (Å²) >= 11 is 0. The number of rotatable bonds is 4. The van der Waals surface area contributed by atoms with Crippen molar-refractivity contribution in [3.05, 3.63) is 41.9 Å². The van der Waals surface area contributed by atoms with Crippen molar-refractivity contribution in [1.29, 1.82) is 5.26 Å². The summed E-state index contributed by atoms with van der Waals surface area (Å²) < 4.78 is 5.26. The highest BCUT2D eigenvalue weighted by Crippen LogP contribution is 2.15. The van der Waals surface area contributed by atoms with Gasteiger partial charge in [0.05, 0.1) is 13.2 Å². The molecule has 0 aliphatic carbocycles. The van der Waals surface area contributed by atoms with Gasteiger partial charge in [-0.15, -0.1) is 10.2 Å². The molecule has 1 aliphatic heterocycles. The van der Waals surface area contributed by atoms with Crippen molar-refractivity contribution in [3.8, 4) is 6.07 Å². The molecule has 1 amide bonds. The number of aromatic nitrogens is 4. The second-order valence-electron chi connectivity index (χ2n) is 5.03. The number of nitrogens with zero attached hydrogens (tertiary/aromatic N) is 5. The molecule has 0 unspecified atom stereocenters. The number of amides is 1. The minimum Gasteiger partial charge on any atom is -0.378 e. The van der Waals surface area contributed by atoms with Crippen LogP contribution in [0.15, 0.2) is 30.5 Å². The highest BCUT2D eigenvalue weighted by atomic mass is 16.5. The lowest BCUT2D eigenvalue weighted by Crippen LogP contribution is -2.40. The molecule has 9 nitrogen and oxygen atoms in total. The van der Waals surface area contributed by atoms with Crippen LogP contribution in [0.25, 0.3) is 5.57 Å². The largest absolute Gasteiger partial charge is 0.378 e. The van der Waals surface area contributed by atoms with E-state index in [1.807, 2.05) is 6.07 Å². The van der Waals surface area contributed by atoms with E-state index in [1.54, 1.807) is 29.2 Å². The molecule has 2 N–H and O–H groups in total. The maximum absolute atomic E-state index is 12.5. The summed E-state index contributed by atoms with van der Waals surface area (Å²) in [5.41, 5.74) is 1.49. The van der Waals surface area contributed by atoms with Crippen molar-refractivity contribution in [2.75, 3.05) is 31.6 Å². The topological polar surface area (TPSA) is 120 Å². The number of morpholine rings is 1. The van der Waals surface area contributed by atoms with E-state index in [4.69, 9.17) is 10.00 Å². The maximum Gasteiger partial charge on any atom is 0.254 e. The zero-order valence-electron chi connectivity index (χ0n) is 12.8. The minimum atomic E-state index is -0.0374. The van der Waals surface area contributed by atoms with Gasteiger partial charge >= 0.3 is 0 Å². The van der Waals surface area contributed by atoms with Crippen LogP contribution in [0, 0.1) is 11.3 Å². The minimum absolute atomic E-state index is 0.0374. The molecule has 0 radical (unpaired) electrons. The Hall–Kier alpha value is -3.25. The molecule has 2 heterocycles. The summed E-state index contributed by atoms with van der Waals surface area (Å²) in [5, 5.41) is 25.3. The molecular formula is C15H15N7O2. The van der Waals surface area contributed by atoms with Crippen LogP contribution < -0.4 is 5.32 Å². The fraction of sp³-hybridized carbons (Fsp3) is 0.267. The van der Waals surface area contributed by atoms with Gasteiger partial charge in [-0.05, 0) is 23.4 Å². The number of hydrogen-bond donors (Lipinski definition) is 2. The van der Waals surface area contributed by atoms with E-state index in [9.17, 15) is 4.79 Å². The predicted molar refractivity (Wildman–Crippen MR) is 84.6 cm³/mol. The van der Waals surface area contributed by atoms with Gasteiger partial charge in [-0.3, -0.25) is 4.79 Å². The van der Waals surface area contributed by atoms with Crippen LogP contribution >= 0.6 is 0 Å². The van der Waals surface area contributed by atoms with Crippen LogP contribution in [0.1, 0.15) is 16.2 Å². The highest BCUT2D eigenvalue weighted by Gasteiger charge is 2.18. The van der Waals surface area contributed by atoms with Gasteiger partial charge < -0.3 is 15.0 Å². The number of benzene rings is 1. The molecule has 0 atom stereocenters. The van der Waals surface area contributed by atoms with Gasteiger partial charge in [0, 0.05) is 30.5 Å². The van der Waals surface area contributed by atoms with Crippen molar-refractivity contribution in [3.63, 3.8) is 0 Å². The van der Waals surface area contributed by atoms with Crippen molar-refractivity contribution in [1.82, 2.24) is 25.5 Å². The van der Waals surface area contributed by atoms with Crippen LogP contribution in [0.3, 0.4) is 0 Å². The van der Waals surface area contributed by atoms with E-state index in [0.29, 0.717) is 37.6 Å². The lowest BCUT2D eigenvalue weighted by molar-refractivity contribution is 0.0303. The summed E-state index contributed by atoms with van der Waals surface area (Å²) in [7, 11) is 0. The van der Waals surface area contributed by atoms with E-state index in [0.717, 1.165) is 0 Å². The smallest absolute Gasteiger partial charge is 0.254 e. The van der Waals surface area contributed by atoms with E-state index < -0.39 is 0 Å². The molecule has 2 aromatic rings. The van der Waals surface area contributed by atoms with E-state index in [1.165, 1.54) is 6.20 Å². The van der Waals surface area contributed by atoms with Gasteiger partial charge in [0.25, 0.3) is 5.91 Å². The van der Waals surface area contributed by atoms with E-state index >= 15 is 0 Å². The summed E-state index contributed by atoms with van der Waals surface area (Å²) in [4.78, 5) is 14.2. The van der Waals surface area contributed by atoms with E-state index in [-0.39, 0.29) is 17.3 Å². The molecule has 9 heteroatoms. The molecule has 1 aliphatic rings. The number of allylic oxidation sites excluding steroid dienone is 1. The number of carbonyl (C=O) groups is 1. The first-order chi connectivity index (χ1) is 11.8. The quantitative estimate of drug-likeness (QED) is 0.792. The Morgan fingerprint density at radius 2 is 2.25 bits per heavy atom. The third kappa shape index (κ3) is 3.56. The second-order valence-corrected chi connectivity index (χ2v) is 5.03. The summed E-state index contributed by atoms with van der Waals surface area (Å²) in [6.07, 6.45) is 1.48. The number of nitriles is 1. The van der Waals surface area contributed by atoms with Gasteiger partial charge in [-0.2, -0.15) is 10.5 Å². The lowest BCUT2D eigenvalue weighted by Gasteiger charge is -2.27. The number of aromatic amines is 1. The molecule has 1 fully saturated rings. The van der Waals surface area contributed by atoms with Crippen molar-refractivity contribution in [2.45, 2.75) is 0 Å². The first-order valence-electron chi connectivity index (χ1n) is 7.35. The lowest BCUT2D eigenvalue weighted by atomic mass is 10.1. The van der Waals surface area contributed by atoms with Gasteiger partial charge in [0.15, 0.2) is 0 Å². The zero-order chi connectivity index (χ0) is 16.8. The average molecular weight is 325 g/mol. The van der Waals surface area contributed by atoms with Crippen molar-refractivity contribution >= 4 is 17.2 Å². The molecule has 122 valence electrons. The van der Waals surface area contributed by atoms with Gasteiger partial charge in [-0.25, -0.2) is 0 Å². The number of carbonyl (C=O) groups excluding carboxylic acids is 1. The summed E-state index contributed by atoms with van der Waals surface area (Å²) in [5.74, 6) is 0.162. The fourth-order valence-electron chi connectivity index (χ4n) is 2.27. The first-order valence-corrected chi connectivity index (χ1v) is 7.35. The first kappa shape index (κ1) is 15.6. The van der Waals surface area contributed by atoms with Gasteiger partial charge in [0.1, 0.15) is 11.6 Å². The number of nitrogens with one attached hydrogen (secondary N) is 2. The number of ether oxygens (including phenoxy) is 1. The van der Waals surface area contributed by atoms with E-state index in [2.05, 4.69) is 25.9 Å². The third-order valence-electron chi connectivity index (χ3n) is 3.50. The Bertz CT molecular complexity index is 773. The Balaban J connectivity index is 1.73. The zero-order valence-corrected chi connectivity index (χ0v) is 12.8. The second kappa shape index (κ2) is 7.34. The Labute approximate surface area is 137 Å². The molecule has 3 rings (SSSR count). The van der Waals surface area contributed by atoms with Crippen molar-refractivity contribution < 1.29 is 9.53 Å². The Kier molecular flexibility index (Phi) is 4.78. The highest BCUT2D eigenvalue weighted by molar-refractivity contribution is 5.95. The molecule has 24 heavy (non-hydrogen) atoms. The molecule has 0 spiro atoms. The molecular weight excluding hydrogens is 310 g/mol. The van der Waals surface area contributed by atoms with Crippen molar-refractivity contribution in [2.24, 2.45) is 0 Å². The Morgan fingerprint density at radius 1 is 1.42 bits per heavy atom. The van der Waals surface area contributed by atoms with Gasteiger partial charge in [-0.1, -0.05) is 6.07 Å². The predicted octanol–water partition coefficient (Wildman–Crippen LogP) is 0.649. The summed E-state index contributed by atoms with van der Waals surface area (Å²) in [6.45, 7) is 2.30. The number of H-pyrrole nitrogens is 1. The fourth-order valence-corrected chi connectivity index (χ4v) is 2.27. The molecule has 1 saturated heterocycles. The molecule has 1 aromatic carbocycles. The van der Waals surface area contributed by atoms with Crippen LogP contribution in [0.4, 0.5) is 5.69 Å². The molecule has 0 bridgehead atoms. The number of hydrogen-bond acceptors (Lipinski definition) is 7. The Morgan fingerprint density at radius 3 is 2.96 bits per heavy atom. The number of anilines is 1. The van der Waals surface area contributed by atoms with Crippen LogP contribution in [0.5, 0.6) is 0 Å². The maximum atomic E-state index is 12.5. The summed E-state index contributed by atoms with van der Waals surface area (Å²) in [6, 6.07) is 9.07. The van der Waals surface area contributed by atoms with Gasteiger partial charge in [0.2, 0.25) is 5.82 Å². The average Bonchev–Trinajstić information content (AvgIpc) is 3.17. The molecule has 0 saturated carbocycles. The van der Waals surface area contributed by atoms with Crippen LogP contribution in [0.2, 0.25) is 0 Å². The third-order valence-corrected chi connectivity index (χ3v) is 3.50.